The lowest BCUT2D eigenvalue weighted by molar-refractivity contribution is 0.575. The van der Waals surface area contributed by atoms with E-state index >= 15 is 0 Å². The fraction of sp³-hybridized carbons (Fsp3) is 0. The molecule has 0 bridgehead atoms. The molecule has 3 heterocycles. The van der Waals surface area contributed by atoms with Gasteiger partial charge in [0.1, 0.15) is 0 Å². The van der Waals surface area contributed by atoms with Crippen molar-refractivity contribution in [2.45, 2.75) is 0 Å². The van der Waals surface area contributed by atoms with Crippen LogP contribution in [0.15, 0.2) is 47.1 Å². The Morgan fingerprint density at radius 1 is 1.14 bits per heavy atom. The van der Waals surface area contributed by atoms with Crippen LogP contribution in [-0.2, 0) is 0 Å². The Morgan fingerprint density at radius 2 is 2.00 bits per heavy atom. The van der Waals surface area contributed by atoms with E-state index in [4.69, 9.17) is 16.0 Å². The molecule has 0 spiro atoms. The van der Waals surface area contributed by atoms with E-state index in [1.807, 2.05) is 30.3 Å². The Bertz CT molecular complexity index is 881. The third kappa shape index (κ3) is 2.26. The SMILES string of the molecule is Clc1ccc(Nc2nn3c(-c4ccco4)nnc3s2)cc1. The summed E-state index contributed by atoms with van der Waals surface area (Å²) in [5.41, 5.74) is 0.906. The van der Waals surface area contributed by atoms with Gasteiger partial charge in [-0.3, -0.25) is 0 Å². The van der Waals surface area contributed by atoms with Crippen LogP contribution >= 0.6 is 22.9 Å². The standard InChI is InChI=1S/C13H8ClN5OS/c14-8-3-5-9(6-4-8)15-12-18-19-11(10-2-1-7-20-10)16-17-13(19)21-12/h1-7H,(H,15,18). The maximum atomic E-state index is 5.87. The number of aromatic nitrogens is 4. The van der Waals surface area contributed by atoms with Gasteiger partial charge in [-0.1, -0.05) is 22.9 Å². The van der Waals surface area contributed by atoms with Crippen molar-refractivity contribution >= 4 is 38.7 Å². The molecule has 0 amide bonds. The zero-order valence-corrected chi connectivity index (χ0v) is 12.1. The second-order valence-corrected chi connectivity index (χ2v) is 5.63. The molecule has 0 radical (unpaired) electrons. The van der Waals surface area contributed by atoms with Crippen LogP contribution < -0.4 is 5.32 Å². The summed E-state index contributed by atoms with van der Waals surface area (Å²) in [7, 11) is 0. The molecule has 0 aliphatic heterocycles. The maximum Gasteiger partial charge on any atom is 0.236 e. The summed E-state index contributed by atoms with van der Waals surface area (Å²) in [6.45, 7) is 0. The van der Waals surface area contributed by atoms with E-state index in [2.05, 4.69) is 20.6 Å². The molecule has 0 atom stereocenters. The second kappa shape index (κ2) is 4.87. The molecule has 0 unspecified atom stereocenters. The zero-order chi connectivity index (χ0) is 14.2. The molecular weight excluding hydrogens is 310 g/mol. The van der Waals surface area contributed by atoms with Gasteiger partial charge < -0.3 is 9.73 Å². The van der Waals surface area contributed by atoms with E-state index in [1.54, 1.807) is 16.8 Å². The molecule has 8 heteroatoms. The highest BCUT2D eigenvalue weighted by Crippen LogP contribution is 2.26. The van der Waals surface area contributed by atoms with Gasteiger partial charge >= 0.3 is 0 Å². The number of nitrogens with one attached hydrogen (secondary N) is 1. The topological polar surface area (TPSA) is 68.2 Å². The van der Waals surface area contributed by atoms with Gasteiger partial charge in [-0.25, -0.2) is 0 Å². The van der Waals surface area contributed by atoms with E-state index in [-0.39, 0.29) is 0 Å². The number of nitrogens with zero attached hydrogens (tertiary/aromatic N) is 4. The summed E-state index contributed by atoms with van der Waals surface area (Å²) in [5, 5.41) is 17.3. The molecule has 0 aliphatic carbocycles. The zero-order valence-electron chi connectivity index (χ0n) is 10.5. The summed E-state index contributed by atoms with van der Waals surface area (Å²) in [6, 6.07) is 11.0. The highest BCUT2D eigenvalue weighted by Gasteiger charge is 2.15. The van der Waals surface area contributed by atoms with Gasteiger partial charge in [0, 0.05) is 10.7 Å². The van der Waals surface area contributed by atoms with Crippen LogP contribution in [0.2, 0.25) is 5.02 Å². The van der Waals surface area contributed by atoms with E-state index in [9.17, 15) is 0 Å². The van der Waals surface area contributed by atoms with Gasteiger partial charge in [-0.15, -0.1) is 15.3 Å². The lowest BCUT2D eigenvalue weighted by Crippen LogP contribution is -1.93. The number of fused-ring (bicyclic) bond motifs is 1. The van der Waals surface area contributed by atoms with Crippen molar-refractivity contribution in [1.82, 2.24) is 19.8 Å². The molecule has 0 saturated heterocycles. The fourth-order valence-corrected chi connectivity index (χ4v) is 2.77. The van der Waals surface area contributed by atoms with Crippen molar-refractivity contribution in [3.63, 3.8) is 0 Å². The van der Waals surface area contributed by atoms with Gasteiger partial charge in [0.15, 0.2) is 5.76 Å². The highest BCUT2D eigenvalue weighted by atomic mass is 35.5. The van der Waals surface area contributed by atoms with Gasteiger partial charge in [0.25, 0.3) is 0 Å². The van der Waals surface area contributed by atoms with E-state index in [0.29, 0.717) is 21.6 Å². The third-order valence-electron chi connectivity index (χ3n) is 2.83. The quantitative estimate of drug-likeness (QED) is 0.621. The Balaban J connectivity index is 1.69. The molecule has 1 aromatic carbocycles. The molecule has 4 aromatic rings. The van der Waals surface area contributed by atoms with Crippen LogP contribution in [0.5, 0.6) is 0 Å². The molecule has 0 saturated carbocycles. The number of furan rings is 1. The first-order valence-corrected chi connectivity index (χ1v) is 7.28. The first kappa shape index (κ1) is 12.4. The minimum Gasteiger partial charge on any atom is -0.461 e. The summed E-state index contributed by atoms with van der Waals surface area (Å²) in [4.78, 5) is 0.692. The van der Waals surface area contributed by atoms with Gasteiger partial charge in [-0.05, 0) is 36.4 Å². The summed E-state index contributed by atoms with van der Waals surface area (Å²) in [6.07, 6.45) is 1.59. The largest absolute Gasteiger partial charge is 0.461 e. The van der Waals surface area contributed by atoms with Crippen molar-refractivity contribution < 1.29 is 4.42 Å². The van der Waals surface area contributed by atoms with Crippen LogP contribution in [0.4, 0.5) is 10.8 Å². The van der Waals surface area contributed by atoms with Crippen molar-refractivity contribution in [2.75, 3.05) is 5.32 Å². The average Bonchev–Trinajstić information content (AvgIpc) is 3.17. The second-order valence-electron chi connectivity index (χ2n) is 4.23. The van der Waals surface area contributed by atoms with Gasteiger partial charge in [0.05, 0.1) is 6.26 Å². The molecule has 21 heavy (non-hydrogen) atoms. The molecule has 1 N–H and O–H groups in total. The van der Waals surface area contributed by atoms with E-state index < -0.39 is 0 Å². The summed E-state index contributed by atoms with van der Waals surface area (Å²) < 4.78 is 6.99. The van der Waals surface area contributed by atoms with Crippen molar-refractivity contribution in [1.29, 1.82) is 0 Å². The van der Waals surface area contributed by atoms with Crippen LogP contribution in [0.1, 0.15) is 0 Å². The third-order valence-corrected chi connectivity index (χ3v) is 3.89. The normalized spacial score (nSPS) is 11.1. The molecule has 6 nitrogen and oxygen atoms in total. The Morgan fingerprint density at radius 3 is 2.76 bits per heavy atom. The fourth-order valence-electron chi connectivity index (χ4n) is 1.88. The molecule has 0 aliphatic rings. The average molecular weight is 318 g/mol. The molecule has 4 rings (SSSR count). The minimum absolute atomic E-state index is 0.579. The van der Waals surface area contributed by atoms with Crippen molar-refractivity contribution in [2.24, 2.45) is 0 Å². The molecule has 0 fully saturated rings. The lowest BCUT2D eigenvalue weighted by atomic mass is 10.3. The van der Waals surface area contributed by atoms with Crippen molar-refractivity contribution in [3.8, 4) is 11.6 Å². The predicted octanol–water partition coefficient (Wildman–Crippen LogP) is 3.84. The Labute approximate surface area is 128 Å². The molecular formula is C13H8ClN5OS. The number of rotatable bonds is 3. The number of benzene rings is 1. The Kier molecular flexibility index (Phi) is 2.87. The monoisotopic (exact) mass is 317 g/mol. The minimum atomic E-state index is 0.579. The van der Waals surface area contributed by atoms with Crippen molar-refractivity contribution in [3.05, 3.63) is 47.7 Å². The Hall–Kier alpha value is -2.38. The van der Waals surface area contributed by atoms with E-state index in [1.165, 1.54) is 11.3 Å². The van der Waals surface area contributed by atoms with Crippen LogP contribution in [0, 0.1) is 0 Å². The molecule has 3 aromatic heterocycles. The highest BCUT2D eigenvalue weighted by molar-refractivity contribution is 7.20. The molecule has 104 valence electrons. The maximum absolute atomic E-state index is 5.87. The first-order valence-electron chi connectivity index (χ1n) is 6.08. The van der Waals surface area contributed by atoms with Gasteiger partial charge in [-0.2, -0.15) is 4.52 Å². The summed E-state index contributed by atoms with van der Waals surface area (Å²) in [5.74, 6) is 1.21. The van der Waals surface area contributed by atoms with Crippen LogP contribution in [0.3, 0.4) is 0 Å². The number of hydrogen-bond acceptors (Lipinski definition) is 6. The number of halogens is 1. The lowest BCUT2D eigenvalue weighted by Gasteiger charge is -2.00. The number of hydrogen-bond donors (Lipinski definition) is 1. The van der Waals surface area contributed by atoms with Gasteiger partial charge in [0.2, 0.25) is 15.9 Å². The van der Waals surface area contributed by atoms with E-state index in [0.717, 1.165) is 10.8 Å². The number of anilines is 2. The predicted molar refractivity (Wildman–Crippen MR) is 81.1 cm³/mol. The summed E-state index contributed by atoms with van der Waals surface area (Å²) >= 11 is 7.27. The smallest absolute Gasteiger partial charge is 0.236 e. The van der Waals surface area contributed by atoms with Crippen LogP contribution in [0.25, 0.3) is 16.5 Å². The first-order chi connectivity index (χ1) is 10.3. The van der Waals surface area contributed by atoms with Crippen LogP contribution in [-0.4, -0.2) is 19.8 Å².